The number of nitrogens with one attached hydrogen (secondary N) is 1. The van der Waals surface area contributed by atoms with Gasteiger partial charge >= 0.3 is 0 Å². The van der Waals surface area contributed by atoms with Gasteiger partial charge in [-0.05, 0) is 25.2 Å². The van der Waals surface area contributed by atoms with E-state index < -0.39 is 0 Å². The third-order valence-corrected chi connectivity index (χ3v) is 3.76. The molecular weight excluding hydrogens is 300 g/mol. The van der Waals surface area contributed by atoms with Crippen molar-refractivity contribution in [2.45, 2.75) is 25.9 Å². The molecule has 0 saturated heterocycles. The summed E-state index contributed by atoms with van der Waals surface area (Å²) in [6.45, 7) is 1.32. The summed E-state index contributed by atoms with van der Waals surface area (Å²) in [5.74, 6) is -0.0994. The van der Waals surface area contributed by atoms with Crippen LogP contribution in [0.15, 0.2) is 54.6 Å². The van der Waals surface area contributed by atoms with Crippen LogP contribution in [0.4, 0.5) is 0 Å². The summed E-state index contributed by atoms with van der Waals surface area (Å²) in [7, 11) is 4.04. The number of carbonyl (C=O) groups is 2. The minimum Gasteiger partial charge on any atom is -0.352 e. The van der Waals surface area contributed by atoms with Crippen LogP contribution in [0.2, 0.25) is 0 Å². The van der Waals surface area contributed by atoms with Crippen molar-refractivity contribution in [2.24, 2.45) is 0 Å². The van der Waals surface area contributed by atoms with Crippen molar-refractivity contribution in [3.05, 3.63) is 71.3 Å². The molecule has 0 spiro atoms. The molecule has 0 aromatic heterocycles. The van der Waals surface area contributed by atoms with Crippen LogP contribution in [-0.2, 0) is 17.9 Å². The average molecular weight is 324 g/mol. The maximum atomic E-state index is 12.0. The third-order valence-electron chi connectivity index (χ3n) is 3.76. The lowest BCUT2D eigenvalue weighted by molar-refractivity contribution is -0.121. The number of Topliss-reactive ketones (excluding diaryl/α,β-unsaturated/α-hetero) is 1. The van der Waals surface area contributed by atoms with E-state index in [0.29, 0.717) is 12.1 Å². The predicted octanol–water partition coefficient (Wildman–Crippen LogP) is 3.03. The number of hydrogen-bond donors (Lipinski definition) is 1. The van der Waals surface area contributed by atoms with Gasteiger partial charge in [-0.3, -0.25) is 9.59 Å². The van der Waals surface area contributed by atoms with Crippen molar-refractivity contribution in [1.82, 2.24) is 10.2 Å². The van der Waals surface area contributed by atoms with Gasteiger partial charge in [0.1, 0.15) is 0 Å². The topological polar surface area (TPSA) is 49.4 Å². The summed E-state index contributed by atoms with van der Waals surface area (Å²) in [5.41, 5.74) is 2.96. The molecule has 4 heteroatoms. The predicted molar refractivity (Wildman–Crippen MR) is 95.7 cm³/mol. The minimum absolute atomic E-state index is 0.00115. The van der Waals surface area contributed by atoms with Crippen LogP contribution in [0.5, 0.6) is 0 Å². The molecule has 2 aromatic rings. The molecule has 0 atom stereocenters. The van der Waals surface area contributed by atoms with Crippen molar-refractivity contribution >= 4 is 11.7 Å². The highest BCUT2D eigenvalue weighted by molar-refractivity contribution is 5.97. The Morgan fingerprint density at radius 2 is 1.50 bits per heavy atom. The molecule has 0 bridgehead atoms. The van der Waals surface area contributed by atoms with Gasteiger partial charge in [0.05, 0.1) is 0 Å². The van der Waals surface area contributed by atoms with E-state index in [1.165, 1.54) is 5.56 Å². The number of benzene rings is 2. The van der Waals surface area contributed by atoms with Gasteiger partial charge < -0.3 is 10.2 Å². The maximum absolute atomic E-state index is 12.0. The number of carbonyl (C=O) groups excluding carboxylic acids is 2. The molecule has 0 heterocycles. The maximum Gasteiger partial charge on any atom is 0.220 e. The van der Waals surface area contributed by atoms with Crippen molar-refractivity contribution in [3.63, 3.8) is 0 Å². The number of amides is 1. The highest BCUT2D eigenvalue weighted by Gasteiger charge is 2.10. The monoisotopic (exact) mass is 324 g/mol. The zero-order chi connectivity index (χ0) is 17.4. The van der Waals surface area contributed by atoms with Crippen LogP contribution in [0.1, 0.15) is 34.3 Å². The molecule has 0 unspecified atom stereocenters. The number of rotatable bonds is 8. The molecule has 1 N–H and O–H groups in total. The quantitative estimate of drug-likeness (QED) is 0.759. The summed E-state index contributed by atoms with van der Waals surface area (Å²) in [6.07, 6.45) is 0.443. The molecule has 2 rings (SSSR count). The van der Waals surface area contributed by atoms with Crippen LogP contribution >= 0.6 is 0 Å². The molecule has 1 amide bonds. The first kappa shape index (κ1) is 17.9. The summed E-state index contributed by atoms with van der Waals surface area (Å²) < 4.78 is 0. The van der Waals surface area contributed by atoms with Crippen molar-refractivity contribution in [2.75, 3.05) is 14.1 Å². The standard InChI is InChI=1S/C20H24N2O2/c1-22(2)15-18-11-7-6-10-17(18)14-21-20(24)13-12-19(23)16-8-4-3-5-9-16/h3-11H,12-15H2,1-2H3,(H,21,24). The lowest BCUT2D eigenvalue weighted by Crippen LogP contribution is -2.24. The fourth-order valence-corrected chi connectivity index (χ4v) is 2.50. The van der Waals surface area contributed by atoms with Crippen LogP contribution in [-0.4, -0.2) is 30.7 Å². The Kier molecular flexibility index (Phi) is 6.70. The number of ketones is 1. The van der Waals surface area contributed by atoms with Crippen LogP contribution < -0.4 is 5.32 Å². The van der Waals surface area contributed by atoms with Gasteiger partial charge in [0.25, 0.3) is 0 Å². The van der Waals surface area contributed by atoms with Gasteiger partial charge in [-0.1, -0.05) is 54.6 Å². The Balaban J connectivity index is 1.82. The average Bonchev–Trinajstić information content (AvgIpc) is 2.59. The molecular formula is C20H24N2O2. The van der Waals surface area contributed by atoms with Gasteiger partial charge in [0, 0.05) is 31.5 Å². The van der Waals surface area contributed by atoms with Gasteiger partial charge in [-0.15, -0.1) is 0 Å². The van der Waals surface area contributed by atoms with E-state index in [2.05, 4.69) is 16.3 Å². The fourth-order valence-electron chi connectivity index (χ4n) is 2.50. The lowest BCUT2D eigenvalue weighted by Gasteiger charge is -2.14. The smallest absolute Gasteiger partial charge is 0.220 e. The fraction of sp³-hybridized carbons (Fsp3) is 0.300. The molecule has 0 radical (unpaired) electrons. The first-order chi connectivity index (χ1) is 11.6. The van der Waals surface area contributed by atoms with Gasteiger partial charge in [-0.25, -0.2) is 0 Å². The largest absolute Gasteiger partial charge is 0.352 e. The molecule has 0 saturated carbocycles. The zero-order valence-electron chi connectivity index (χ0n) is 14.3. The molecule has 4 nitrogen and oxygen atoms in total. The Labute approximate surface area is 143 Å². The van der Waals surface area contributed by atoms with E-state index >= 15 is 0 Å². The molecule has 0 aliphatic carbocycles. The van der Waals surface area contributed by atoms with Crippen LogP contribution in [0.25, 0.3) is 0 Å². The normalized spacial score (nSPS) is 10.6. The second kappa shape index (κ2) is 8.99. The second-order valence-corrected chi connectivity index (χ2v) is 6.07. The molecule has 126 valence electrons. The van der Waals surface area contributed by atoms with Gasteiger partial charge in [0.15, 0.2) is 5.78 Å². The summed E-state index contributed by atoms with van der Waals surface area (Å²) in [5, 5.41) is 2.91. The summed E-state index contributed by atoms with van der Waals surface area (Å²) >= 11 is 0. The lowest BCUT2D eigenvalue weighted by atomic mass is 10.1. The first-order valence-electron chi connectivity index (χ1n) is 8.12. The Hall–Kier alpha value is -2.46. The Bertz CT molecular complexity index is 681. The minimum atomic E-state index is -0.0982. The van der Waals surface area contributed by atoms with E-state index in [0.717, 1.165) is 12.1 Å². The van der Waals surface area contributed by atoms with E-state index in [1.54, 1.807) is 12.1 Å². The van der Waals surface area contributed by atoms with Gasteiger partial charge in [-0.2, -0.15) is 0 Å². The van der Waals surface area contributed by atoms with Crippen molar-refractivity contribution in [3.8, 4) is 0 Å². The van der Waals surface area contributed by atoms with Crippen molar-refractivity contribution in [1.29, 1.82) is 0 Å². The van der Waals surface area contributed by atoms with E-state index in [4.69, 9.17) is 0 Å². The number of nitrogens with zero attached hydrogens (tertiary/aromatic N) is 1. The molecule has 0 aliphatic rings. The second-order valence-electron chi connectivity index (χ2n) is 6.07. The summed E-state index contributed by atoms with van der Waals surface area (Å²) in [4.78, 5) is 26.1. The molecule has 0 fully saturated rings. The number of hydrogen-bond acceptors (Lipinski definition) is 3. The van der Waals surface area contributed by atoms with Crippen molar-refractivity contribution < 1.29 is 9.59 Å². The molecule has 0 aliphatic heterocycles. The molecule has 24 heavy (non-hydrogen) atoms. The first-order valence-corrected chi connectivity index (χ1v) is 8.12. The van der Waals surface area contributed by atoms with E-state index in [9.17, 15) is 9.59 Å². The highest BCUT2D eigenvalue weighted by Crippen LogP contribution is 2.11. The SMILES string of the molecule is CN(C)Cc1ccccc1CNC(=O)CCC(=O)c1ccccc1. The third kappa shape index (κ3) is 5.63. The van der Waals surface area contributed by atoms with Crippen LogP contribution in [0, 0.1) is 0 Å². The Morgan fingerprint density at radius 1 is 0.875 bits per heavy atom. The zero-order valence-corrected chi connectivity index (χ0v) is 14.3. The van der Waals surface area contributed by atoms with Gasteiger partial charge in [0.2, 0.25) is 5.91 Å². The molecule has 2 aromatic carbocycles. The van der Waals surface area contributed by atoms with E-state index in [-0.39, 0.29) is 24.5 Å². The highest BCUT2D eigenvalue weighted by atomic mass is 16.2. The van der Waals surface area contributed by atoms with Crippen LogP contribution in [0.3, 0.4) is 0 Å². The van der Waals surface area contributed by atoms with E-state index in [1.807, 2.05) is 50.5 Å². The summed E-state index contributed by atoms with van der Waals surface area (Å²) in [6, 6.07) is 17.1. The Morgan fingerprint density at radius 3 is 2.17 bits per heavy atom.